The molecule has 4 heteroatoms. The van der Waals surface area contributed by atoms with Crippen molar-refractivity contribution in [2.24, 2.45) is 10.7 Å². The van der Waals surface area contributed by atoms with Crippen molar-refractivity contribution in [3.63, 3.8) is 0 Å². The molecular weight excluding hydrogens is 184 g/mol. The van der Waals surface area contributed by atoms with E-state index < -0.39 is 0 Å². The maximum absolute atomic E-state index is 5.20. The van der Waals surface area contributed by atoms with Crippen LogP contribution in [0.4, 0.5) is 0 Å². The predicted octanol–water partition coefficient (Wildman–Crippen LogP) is -0.513. The van der Waals surface area contributed by atoms with E-state index in [-0.39, 0.29) is 0 Å². The molecule has 0 unspecified atom stereocenters. The minimum atomic E-state index is 0.366. The first-order valence-corrected chi connectivity index (χ1v) is 4.35. The molecule has 10 heavy (non-hydrogen) atoms. The van der Waals surface area contributed by atoms with Crippen LogP contribution in [0, 0.1) is 0 Å². The van der Waals surface area contributed by atoms with Crippen LogP contribution >= 0.6 is 0 Å². The van der Waals surface area contributed by atoms with Crippen molar-refractivity contribution in [1.29, 1.82) is 0 Å². The summed E-state index contributed by atoms with van der Waals surface area (Å²) in [5.41, 5.74) is 6.33. The quantitative estimate of drug-likeness (QED) is 0.498. The van der Waals surface area contributed by atoms with Gasteiger partial charge >= 0.3 is 69.7 Å². The zero-order valence-electron chi connectivity index (χ0n) is 5.70. The molecule has 1 rings (SSSR count). The van der Waals surface area contributed by atoms with Crippen molar-refractivity contribution in [2.45, 2.75) is 0 Å². The number of rotatable bonds is 2. The summed E-state index contributed by atoms with van der Waals surface area (Å²) in [6, 6.07) is 4.02. The Labute approximate surface area is 70.1 Å². The first kappa shape index (κ1) is 7.65. The van der Waals surface area contributed by atoms with Crippen molar-refractivity contribution in [3.8, 4) is 0 Å². The van der Waals surface area contributed by atoms with Crippen LogP contribution in [0.15, 0.2) is 23.3 Å². The van der Waals surface area contributed by atoms with Gasteiger partial charge in [-0.05, 0) is 0 Å². The summed E-state index contributed by atoms with van der Waals surface area (Å²) < 4.78 is 2.11. The van der Waals surface area contributed by atoms with Crippen LogP contribution in [0.5, 0.6) is 0 Å². The van der Waals surface area contributed by atoms with Crippen LogP contribution < -0.4 is 5.73 Å². The Balaban J connectivity index is 2.74. The van der Waals surface area contributed by atoms with Crippen molar-refractivity contribution < 1.29 is 0 Å². The molecule has 3 nitrogen and oxygen atoms in total. The minimum absolute atomic E-state index is 0.366. The zero-order valence-corrected chi connectivity index (χ0v) is 8.66. The second-order valence-electron chi connectivity index (χ2n) is 1.90. The van der Waals surface area contributed by atoms with Gasteiger partial charge in [0.25, 0.3) is 0 Å². The number of nitrogens with zero attached hydrogens (tertiary/aromatic N) is 2. The first-order valence-electron chi connectivity index (χ1n) is 3.02. The van der Waals surface area contributed by atoms with Gasteiger partial charge in [0.2, 0.25) is 0 Å². The molecule has 0 spiro atoms. The molecule has 0 aliphatic carbocycles. The van der Waals surface area contributed by atoms with E-state index in [2.05, 4.69) is 8.27 Å². The molecule has 0 aliphatic heterocycles. The molecule has 0 atom stereocenters. The molecule has 51 valence electrons. The Kier molecular flexibility index (Phi) is 2.79. The third kappa shape index (κ3) is 1.76. The molecule has 1 heterocycles. The summed E-state index contributed by atoms with van der Waals surface area (Å²) in [6.45, 7) is 0.366. The van der Waals surface area contributed by atoms with Gasteiger partial charge in [-0.2, -0.15) is 0 Å². The fourth-order valence-electron chi connectivity index (χ4n) is 0.691. The molecule has 0 fully saturated rings. The summed E-state index contributed by atoms with van der Waals surface area (Å²) in [5.74, 6) is 0. The van der Waals surface area contributed by atoms with Crippen molar-refractivity contribution in [2.75, 3.05) is 6.67 Å². The fraction of sp³-hybridized carbons (Fsp3) is 0.167. The Bertz CT molecular complexity index is 229. The number of nitrogens with two attached hydrogens (primary N) is 1. The number of aromatic nitrogens is 1. The molecule has 0 saturated carbocycles. The number of aliphatic imine (C=N–C) groups is 1. The third-order valence-electron chi connectivity index (χ3n) is 1.19. The maximum atomic E-state index is 5.20. The number of hydrogen-bond acceptors (Lipinski definition) is 2. The Morgan fingerprint density at radius 2 is 2.60 bits per heavy atom. The van der Waals surface area contributed by atoms with E-state index in [4.69, 9.17) is 5.73 Å². The predicted molar refractivity (Wildman–Crippen MR) is 43.6 cm³/mol. The van der Waals surface area contributed by atoms with Gasteiger partial charge < -0.3 is 0 Å². The summed E-state index contributed by atoms with van der Waals surface area (Å²) in [7, 11) is 0. The third-order valence-corrected chi connectivity index (χ3v) is 2.40. The van der Waals surface area contributed by atoms with Crippen LogP contribution in [-0.4, -0.2) is 35.0 Å². The van der Waals surface area contributed by atoms with Crippen molar-refractivity contribution in [3.05, 3.63) is 24.0 Å². The molecule has 1 aromatic rings. The van der Waals surface area contributed by atoms with Gasteiger partial charge in [-0.15, -0.1) is 0 Å². The van der Waals surface area contributed by atoms with Gasteiger partial charge in [0.1, 0.15) is 0 Å². The monoisotopic (exact) mass is 192 g/mol. The molecule has 0 aromatic carbocycles. The first-order chi connectivity index (χ1) is 4.84. The summed E-state index contributed by atoms with van der Waals surface area (Å²) in [4.78, 5) is 3.93. The normalized spacial score (nSPS) is 10.9. The molecule has 1 radical (unpaired) electrons. The second kappa shape index (κ2) is 3.65. The van der Waals surface area contributed by atoms with Crippen LogP contribution in [0.2, 0.25) is 0 Å². The van der Waals surface area contributed by atoms with Gasteiger partial charge in [-0.25, -0.2) is 0 Å². The van der Waals surface area contributed by atoms with E-state index in [1.807, 2.05) is 18.3 Å². The average Bonchev–Trinajstić information content (AvgIpc) is 2.31. The Morgan fingerprint density at radius 3 is 3.10 bits per heavy atom. The van der Waals surface area contributed by atoms with Gasteiger partial charge in [0, 0.05) is 0 Å². The Hall–Kier alpha value is -0.454. The Morgan fingerprint density at radius 1 is 1.80 bits per heavy atom. The standard InChI is InChI=1S/C6H8N3.Ga.H/c7-5-8-4-6-2-1-3-9-6;;/h1-4H,5,7H2;;/q-1;+1;. The van der Waals surface area contributed by atoms with Crippen LogP contribution in [-0.2, 0) is 0 Å². The van der Waals surface area contributed by atoms with E-state index in [1.54, 1.807) is 6.21 Å². The SMILES string of the molecule is NCN=Cc1ccc[n]1[GaH]. The van der Waals surface area contributed by atoms with E-state index in [1.165, 1.54) is 0 Å². The van der Waals surface area contributed by atoms with Gasteiger partial charge in [0.05, 0.1) is 0 Å². The van der Waals surface area contributed by atoms with E-state index >= 15 is 0 Å². The molecule has 2 N–H and O–H groups in total. The number of hydrogen-bond donors (Lipinski definition) is 1. The van der Waals surface area contributed by atoms with Crippen LogP contribution in [0.1, 0.15) is 5.69 Å². The van der Waals surface area contributed by atoms with E-state index in [9.17, 15) is 0 Å². The molecule has 0 bridgehead atoms. The summed E-state index contributed by atoms with van der Waals surface area (Å²) in [5, 5.41) is 0. The second-order valence-corrected chi connectivity index (χ2v) is 3.33. The average molecular weight is 193 g/mol. The zero-order chi connectivity index (χ0) is 7.40. The van der Waals surface area contributed by atoms with E-state index in [0.29, 0.717) is 6.67 Å². The molecule has 0 saturated heterocycles. The van der Waals surface area contributed by atoms with Gasteiger partial charge in [0.15, 0.2) is 0 Å². The fourth-order valence-corrected chi connectivity index (χ4v) is 1.34. The summed E-state index contributed by atoms with van der Waals surface area (Å²) >= 11 is 1.10. The molecule has 0 aliphatic rings. The van der Waals surface area contributed by atoms with Crippen molar-refractivity contribution >= 4 is 25.1 Å². The molecule has 1 aromatic heterocycles. The molecular formula is C6H9GaN3. The summed E-state index contributed by atoms with van der Waals surface area (Å²) in [6.07, 6.45) is 3.82. The molecule has 0 amide bonds. The van der Waals surface area contributed by atoms with Gasteiger partial charge in [-0.3, -0.25) is 0 Å². The van der Waals surface area contributed by atoms with E-state index in [0.717, 1.165) is 24.5 Å². The topological polar surface area (TPSA) is 43.3 Å². The van der Waals surface area contributed by atoms with Crippen LogP contribution in [0.25, 0.3) is 0 Å². The van der Waals surface area contributed by atoms with Crippen LogP contribution in [0.3, 0.4) is 0 Å². The van der Waals surface area contributed by atoms with Gasteiger partial charge in [-0.1, -0.05) is 0 Å². The van der Waals surface area contributed by atoms with Crippen molar-refractivity contribution in [1.82, 2.24) is 3.27 Å².